The lowest BCUT2D eigenvalue weighted by Crippen LogP contribution is -2.34. The van der Waals surface area contributed by atoms with Crippen LogP contribution in [0, 0.1) is 13.8 Å². The number of pyridine rings is 1. The molecule has 0 fully saturated rings. The summed E-state index contributed by atoms with van der Waals surface area (Å²) in [6, 6.07) is 16.7. The molecule has 0 unspecified atom stereocenters. The Labute approximate surface area is 173 Å². The Hall–Kier alpha value is -3.58. The molecular weight excluding hydrogens is 384 g/mol. The number of hydrogen-bond donors (Lipinski definition) is 2. The maximum atomic E-state index is 12.4. The monoisotopic (exact) mass is 402 g/mol. The number of thiocarbonyl (C=S) groups is 1. The molecule has 0 bridgehead atoms. The van der Waals surface area contributed by atoms with Gasteiger partial charge in [0.2, 0.25) is 5.89 Å². The molecule has 0 aliphatic carbocycles. The first-order valence-corrected chi connectivity index (χ1v) is 9.42. The van der Waals surface area contributed by atoms with Gasteiger partial charge in [0.05, 0.1) is 0 Å². The molecule has 4 rings (SSSR count). The van der Waals surface area contributed by atoms with Gasteiger partial charge in [-0.25, -0.2) is 4.98 Å². The number of rotatable bonds is 3. The van der Waals surface area contributed by atoms with Gasteiger partial charge in [0.1, 0.15) is 0 Å². The van der Waals surface area contributed by atoms with Gasteiger partial charge >= 0.3 is 0 Å². The molecule has 0 atom stereocenters. The maximum Gasteiger partial charge on any atom is 0.257 e. The van der Waals surface area contributed by atoms with Crippen molar-refractivity contribution in [1.82, 2.24) is 15.3 Å². The molecule has 29 heavy (non-hydrogen) atoms. The lowest BCUT2D eigenvalue weighted by atomic mass is 10.1. The summed E-state index contributed by atoms with van der Waals surface area (Å²) in [7, 11) is 0. The first kappa shape index (κ1) is 18.8. The zero-order valence-electron chi connectivity index (χ0n) is 15.9. The molecule has 1 amide bonds. The van der Waals surface area contributed by atoms with Crippen LogP contribution in [0.2, 0.25) is 0 Å². The molecule has 0 aliphatic rings. The van der Waals surface area contributed by atoms with E-state index in [2.05, 4.69) is 20.6 Å². The third kappa shape index (κ3) is 4.14. The van der Waals surface area contributed by atoms with E-state index in [9.17, 15) is 4.79 Å². The molecule has 2 heterocycles. The number of anilines is 1. The third-order valence-electron chi connectivity index (χ3n) is 4.40. The number of aryl methyl sites for hydroxylation is 2. The van der Waals surface area contributed by atoms with E-state index in [-0.39, 0.29) is 11.0 Å². The molecule has 2 aromatic heterocycles. The van der Waals surface area contributed by atoms with Gasteiger partial charge in [0, 0.05) is 23.0 Å². The second-order valence-electron chi connectivity index (χ2n) is 6.65. The maximum absolute atomic E-state index is 12.4. The Morgan fingerprint density at radius 2 is 1.93 bits per heavy atom. The predicted octanol–water partition coefficient (Wildman–Crippen LogP) is 4.63. The summed E-state index contributed by atoms with van der Waals surface area (Å²) in [4.78, 5) is 21.0. The molecule has 6 nitrogen and oxygen atoms in total. The first-order valence-electron chi connectivity index (χ1n) is 9.01. The largest absolute Gasteiger partial charge is 0.434 e. The molecule has 144 valence electrons. The highest BCUT2D eigenvalue weighted by Gasteiger charge is 2.12. The van der Waals surface area contributed by atoms with Gasteiger partial charge in [0.25, 0.3) is 5.91 Å². The zero-order valence-corrected chi connectivity index (χ0v) is 16.7. The number of benzene rings is 2. The van der Waals surface area contributed by atoms with Gasteiger partial charge in [-0.1, -0.05) is 23.8 Å². The molecule has 7 heteroatoms. The fraction of sp³-hybridized carbons (Fsp3) is 0.0909. The SMILES string of the molecule is Cc1cccc(C(=O)NC(=S)Nc2cc(-c3nc4ncccc4o3)ccc2C)c1. The van der Waals surface area contributed by atoms with Crippen LogP contribution in [0.25, 0.3) is 22.7 Å². The Morgan fingerprint density at radius 1 is 1.07 bits per heavy atom. The van der Waals surface area contributed by atoms with E-state index in [0.717, 1.165) is 22.4 Å². The van der Waals surface area contributed by atoms with Crippen LogP contribution < -0.4 is 10.6 Å². The molecule has 2 N–H and O–H groups in total. The normalized spacial score (nSPS) is 10.7. The highest BCUT2D eigenvalue weighted by atomic mass is 32.1. The van der Waals surface area contributed by atoms with E-state index >= 15 is 0 Å². The van der Waals surface area contributed by atoms with E-state index in [1.807, 2.05) is 56.3 Å². The van der Waals surface area contributed by atoms with Crippen molar-refractivity contribution in [2.24, 2.45) is 0 Å². The fourth-order valence-corrected chi connectivity index (χ4v) is 3.10. The van der Waals surface area contributed by atoms with Crippen molar-refractivity contribution in [2.75, 3.05) is 5.32 Å². The van der Waals surface area contributed by atoms with Gasteiger partial charge in [-0.05, 0) is 68.0 Å². The smallest absolute Gasteiger partial charge is 0.257 e. The van der Waals surface area contributed by atoms with Crippen LogP contribution in [0.4, 0.5) is 5.69 Å². The molecule has 2 aromatic carbocycles. The molecule has 0 aliphatic heterocycles. The van der Waals surface area contributed by atoms with Crippen molar-refractivity contribution in [1.29, 1.82) is 0 Å². The van der Waals surface area contributed by atoms with Crippen molar-refractivity contribution in [2.45, 2.75) is 13.8 Å². The Kier molecular flexibility index (Phi) is 5.05. The summed E-state index contributed by atoms with van der Waals surface area (Å²) >= 11 is 5.33. The summed E-state index contributed by atoms with van der Waals surface area (Å²) in [5.41, 5.74) is 5.25. The fourth-order valence-electron chi connectivity index (χ4n) is 2.90. The average molecular weight is 402 g/mol. The number of fused-ring (bicyclic) bond motifs is 1. The lowest BCUT2D eigenvalue weighted by Gasteiger charge is -2.13. The number of amides is 1. The third-order valence-corrected chi connectivity index (χ3v) is 4.61. The van der Waals surface area contributed by atoms with Crippen LogP contribution >= 0.6 is 12.2 Å². The number of carbonyl (C=O) groups is 1. The van der Waals surface area contributed by atoms with Crippen molar-refractivity contribution in [3.05, 3.63) is 77.5 Å². The Balaban J connectivity index is 1.53. The standard InChI is InChI=1S/C22H18N4O2S/c1-13-5-3-6-15(11-13)20(27)26-22(29)24-17-12-16(9-8-14(17)2)21-25-19-18(28-21)7-4-10-23-19/h3-12H,1-2H3,(H2,24,26,27,29). The van der Waals surface area contributed by atoms with E-state index in [4.69, 9.17) is 16.6 Å². The van der Waals surface area contributed by atoms with Crippen LogP contribution in [0.1, 0.15) is 21.5 Å². The summed E-state index contributed by atoms with van der Waals surface area (Å²) in [5, 5.41) is 6.01. The quantitative estimate of drug-likeness (QED) is 0.486. The predicted molar refractivity (Wildman–Crippen MR) is 117 cm³/mol. The minimum Gasteiger partial charge on any atom is -0.434 e. The van der Waals surface area contributed by atoms with Gasteiger partial charge in [-0.15, -0.1) is 0 Å². The van der Waals surface area contributed by atoms with Crippen molar-refractivity contribution in [3.8, 4) is 11.5 Å². The molecular formula is C22H18N4O2S. The van der Waals surface area contributed by atoms with E-state index in [1.54, 1.807) is 18.3 Å². The molecule has 0 saturated heterocycles. The highest BCUT2D eigenvalue weighted by Crippen LogP contribution is 2.27. The van der Waals surface area contributed by atoms with E-state index in [0.29, 0.717) is 22.7 Å². The van der Waals surface area contributed by atoms with Crippen LogP contribution in [-0.2, 0) is 0 Å². The highest BCUT2D eigenvalue weighted by molar-refractivity contribution is 7.80. The van der Waals surface area contributed by atoms with E-state index < -0.39 is 0 Å². The van der Waals surface area contributed by atoms with Crippen LogP contribution in [0.5, 0.6) is 0 Å². The average Bonchev–Trinajstić information content (AvgIpc) is 3.14. The van der Waals surface area contributed by atoms with E-state index in [1.165, 1.54) is 0 Å². The number of nitrogens with zero attached hydrogens (tertiary/aromatic N) is 2. The van der Waals surface area contributed by atoms with Gasteiger partial charge < -0.3 is 9.73 Å². The number of hydrogen-bond acceptors (Lipinski definition) is 5. The second-order valence-corrected chi connectivity index (χ2v) is 7.06. The molecule has 4 aromatic rings. The Morgan fingerprint density at radius 3 is 2.72 bits per heavy atom. The van der Waals surface area contributed by atoms with Gasteiger partial charge in [-0.3, -0.25) is 10.1 Å². The summed E-state index contributed by atoms with van der Waals surface area (Å²) in [6.45, 7) is 3.88. The number of carbonyl (C=O) groups excluding carboxylic acids is 1. The second kappa shape index (κ2) is 7.81. The summed E-state index contributed by atoms with van der Waals surface area (Å²) in [5.74, 6) is 0.210. The molecule has 0 saturated carbocycles. The number of aromatic nitrogens is 2. The topological polar surface area (TPSA) is 80.0 Å². The van der Waals surface area contributed by atoms with Crippen molar-refractivity contribution < 1.29 is 9.21 Å². The molecule has 0 spiro atoms. The Bertz CT molecular complexity index is 1200. The first-order chi connectivity index (χ1) is 14.0. The van der Waals surface area contributed by atoms with Crippen LogP contribution in [0.3, 0.4) is 0 Å². The van der Waals surface area contributed by atoms with Crippen molar-refractivity contribution >= 4 is 40.2 Å². The number of oxazole rings is 1. The number of nitrogens with one attached hydrogen (secondary N) is 2. The lowest BCUT2D eigenvalue weighted by molar-refractivity contribution is 0.0977. The summed E-state index contributed by atoms with van der Waals surface area (Å²) in [6.07, 6.45) is 1.67. The van der Waals surface area contributed by atoms with Gasteiger partial charge in [-0.2, -0.15) is 4.98 Å². The van der Waals surface area contributed by atoms with Crippen molar-refractivity contribution in [3.63, 3.8) is 0 Å². The van der Waals surface area contributed by atoms with Crippen LogP contribution in [0.15, 0.2) is 65.2 Å². The zero-order chi connectivity index (χ0) is 20.4. The van der Waals surface area contributed by atoms with Crippen LogP contribution in [-0.4, -0.2) is 21.0 Å². The summed E-state index contributed by atoms with van der Waals surface area (Å²) < 4.78 is 5.78. The van der Waals surface area contributed by atoms with Gasteiger partial charge in [0.15, 0.2) is 16.3 Å². The minimum absolute atomic E-state index is 0.219. The minimum atomic E-state index is -0.259. The molecule has 0 radical (unpaired) electrons.